The number of amides is 2. The van der Waals surface area contributed by atoms with E-state index in [2.05, 4.69) is 5.32 Å². The van der Waals surface area contributed by atoms with E-state index in [1.807, 2.05) is 60.7 Å². The van der Waals surface area contributed by atoms with Crippen molar-refractivity contribution in [3.63, 3.8) is 0 Å². The summed E-state index contributed by atoms with van der Waals surface area (Å²) in [5.41, 5.74) is 2.10. The van der Waals surface area contributed by atoms with Crippen molar-refractivity contribution in [3.05, 3.63) is 71.8 Å². The molecule has 2 aromatic rings. The van der Waals surface area contributed by atoms with Crippen molar-refractivity contribution in [2.24, 2.45) is 0 Å². The number of carbonyl (C=O) groups is 2. The van der Waals surface area contributed by atoms with Crippen molar-refractivity contribution in [2.45, 2.75) is 19.1 Å². The van der Waals surface area contributed by atoms with Crippen LogP contribution in [0.1, 0.15) is 11.1 Å². The maximum atomic E-state index is 12.2. The van der Waals surface area contributed by atoms with Crippen LogP contribution in [0.2, 0.25) is 0 Å². The van der Waals surface area contributed by atoms with Crippen molar-refractivity contribution in [1.29, 1.82) is 0 Å². The van der Waals surface area contributed by atoms with Crippen LogP contribution in [-0.4, -0.2) is 43.5 Å². The molecule has 0 spiro atoms. The van der Waals surface area contributed by atoms with Crippen LogP contribution in [0, 0.1) is 0 Å². The summed E-state index contributed by atoms with van der Waals surface area (Å²) in [6.07, 6.45) is 1.25. The van der Waals surface area contributed by atoms with E-state index in [1.54, 1.807) is 7.05 Å². The summed E-state index contributed by atoms with van der Waals surface area (Å²) in [5.74, 6) is 0. The zero-order chi connectivity index (χ0) is 17.9. The van der Waals surface area contributed by atoms with Gasteiger partial charge in [-0.05, 0) is 17.5 Å². The lowest BCUT2D eigenvalue weighted by atomic mass is 10.1. The molecule has 0 bridgehead atoms. The molecule has 132 valence electrons. The molecule has 5 heteroatoms. The third-order valence-corrected chi connectivity index (χ3v) is 3.80. The number of likely N-dealkylation sites (N-methyl/N-ethyl adjacent to an activating group) is 1. The van der Waals surface area contributed by atoms with Gasteiger partial charge in [0.2, 0.25) is 0 Å². The van der Waals surface area contributed by atoms with E-state index in [4.69, 9.17) is 4.74 Å². The molecule has 0 heterocycles. The van der Waals surface area contributed by atoms with Gasteiger partial charge in [-0.15, -0.1) is 0 Å². The third-order valence-electron chi connectivity index (χ3n) is 3.80. The average molecular weight is 340 g/mol. The predicted molar refractivity (Wildman–Crippen MR) is 97.3 cm³/mol. The van der Waals surface area contributed by atoms with E-state index >= 15 is 0 Å². The summed E-state index contributed by atoms with van der Waals surface area (Å²) in [5, 5.41) is 2.74. The van der Waals surface area contributed by atoms with E-state index < -0.39 is 6.04 Å². The molecule has 0 saturated heterocycles. The van der Waals surface area contributed by atoms with Crippen LogP contribution in [0.25, 0.3) is 0 Å². The van der Waals surface area contributed by atoms with Gasteiger partial charge in [0, 0.05) is 13.6 Å². The number of hydrogen-bond acceptors (Lipinski definition) is 3. The molecule has 2 rings (SSSR count). The van der Waals surface area contributed by atoms with E-state index in [0.29, 0.717) is 26.2 Å². The molecular weight excluding hydrogens is 316 g/mol. The second-order valence-corrected chi connectivity index (χ2v) is 5.84. The molecule has 2 aromatic carbocycles. The molecule has 0 saturated carbocycles. The molecule has 1 atom stereocenters. The molecule has 0 aliphatic heterocycles. The Morgan fingerprint density at radius 3 is 2.28 bits per heavy atom. The smallest absolute Gasteiger partial charge is 0.317 e. The van der Waals surface area contributed by atoms with E-state index in [0.717, 1.165) is 17.4 Å². The number of rotatable bonds is 9. The highest BCUT2D eigenvalue weighted by Crippen LogP contribution is 2.03. The lowest BCUT2D eigenvalue weighted by Crippen LogP contribution is -2.45. The molecule has 0 fully saturated rings. The first-order valence-electron chi connectivity index (χ1n) is 8.31. The molecule has 5 nitrogen and oxygen atoms in total. The first kappa shape index (κ1) is 18.7. The van der Waals surface area contributed by atoms with Crippen molar-refractivity contribution >= 4 is 12.3 Å². The monoisotopic (exact) mass is 340 g/mol. The number of aldehydes is 1. The van der Waals surface area contributed by atoms with Crippen LogP contribution >= 0.6 is 0 Å². The zero-order valence-corrected chi connectivity index (χ0v) is 14.4. The van der Waals surface area contributed by atoms with Gasteiger partial charge in [-0.1, -0.05) is 60.7 Å². The summed E-state index contributed by atoms with van der Waals surface area (Å²) >= 11 is 0. The van der Waals surface area contributed by atoms with Gasteiger partial charge in [-0.2, -0.15) is 0 Å². The first-order chi connectivity index (χ1) is 12.2. The van der Waals surface area contributed by atoms with Crippen LogP contribution in [0.5, 0.6) is 0 Å². The largest absolute Gasteiger partial charge is 0.375 e. The minimum Gasteiger partial charge on any atom is -0.375 e. The lowest BCUT2D eigenvalue weighted by Gasteiger charge is -2.21. The maximum absolute atomic E-state index is 12.2. The van der Waals surface area contributed by atoms with Gasteiger partial charge < -0.3 is 19.7 Å². The van der Waals surface area contributed by atoms with Crippen LogP contribution in [0.4, 0.5) is 4.79 Å². The molecular formula is C20H24N2O3. The standard InChI is InChI=1S/C20H24N2O3/c1-22(12-13-25-16-18-10-6-3-7-11-18)20(24)21-19(15-23)14-17-8-4-2-5-9-17/h2-11,15,19H,12-14,16H2,1H3,(H,21,24)/t19-/m0/s1. The minimum atomic E-state index is -0.539. The quantitative estimate of drug-likeness (QED) is 0.564. The number of carbonyl (C=O) groups excluding carboxylic acids is 2. The van der Waals surface area contributed by atoms with E-state index in [1.165, 1.54) is 4.90 Å². The molecule has 2 amide bonds. The average Bonchev–Trinajstić information content (AvgIpc) is 2.66. The molecule has 1 N–H and O–H groups in total. The van der Waals surface area contributed by atoms with Crippen LogP contribution in [-0.2, 0) is 22.6 Å². The van der Waals surface area contributed by atoms with Crippen molar-refractivity contribution in [1.82, 2.24) is 10.2 Å². The normalized spacial score (nSPS) is 11.6. The fourth-order valence-corrected chi connectivity index (χ4v) is 2.34. The fourth-order valence-electron chi connectivity index (χ4n) is 2.34. The Morgan fingerprint density at radius 1 is 1.08 bits per heavy atom. The Kier molecular flexibility index (Phi) is 7.66. The molecule has 0 aromatic heterocycles. The molecule has 0 radical (unpaired) electrons. The van der Waals surface area contributed by atoms with E-state index in [9.17, 15) is 9.59 Å². The number of hydrogen-bond donors (Lipinski definition) is 1. The van der Waals surface area contributed by atoms with Gasteiger partial charge in [0.15, 0.2) is 0 Å². The first-order valence-corrected chi connectivity index (χ1v) is 8.31. The summed E-state index contributed by atoms with van der Waals surface area (Å²) < 4.78 is 5.58. The Labute approximate surface area is 148 Å². The van der Waals surface area contributed by atoms with Gasteiger partial charge in [0.1, 0.15) is 6.29 Å². The second kappa shape index (κ2) is 10.3. The minimum absolute atomic E-state index is 0.281. The Morgan fingerprint density at radius 2 is 1.68 bits per heavy atom. The van der Waals surface area contributed by atoms with Crippen LogP contribution in [0.15, 0.2) is 60.7 Å². The summed E-state index contributed by atoms with van der Waals surface area (Å²) in [7, 11) is 1.69. The summed E-state index contributed by atoms with van der Waals surface area (Å²) in [4.78, 5) is 24.9. The number of ether oxygens (including phenoxy) is 1. The second-order valence-electron chi connectivity index (χ2n) is 5.84. The lowest BCUT2D eigenvalue weighted by molar-refractivity contribution is -0.109. The molecule has 0 unspecified atom stereocenters. The van der Waals surface area contributed by atoms with Crippen molar-refractivity contribution in [2.75, 3.05) is 20.2 Å². The molecule has 0 aliphatic carbocycles. The number of benzene rings is 2. The highest BCUT2D eigenvalue weighted by molar-refractivity contribution is 5.78. The van der Waals surface area contributed by atoms with Crippen molar-refractivity contribution < 1.29 is 14.3 Å². The fraction of sp³-hybridized carbons (Fsp3) is 0.300. The zero-order valence-electron chi connectivity index (χ0n) is 14.4. The molecule has 25 heavy (non-hydrogen) atoms. The number of nitrogens with zero attached hydrogens (tertiary/aromatic N) is 1. The Bertz CT molecular complexity index is 647. The number of urea groups is 1. The molecule has 0 aliphatic rings. The predicted octanol–water partition coefficient (Wildman–Crippen LogP) is 2.65. The summed E-state index contributed by atoms with van der Waals surface area (Å²) in [6, 6.07) is 18.7. The highest BCUT2D eigenvalue weighted by atomic mass is 16.5. The number of nitrogens with one attached hydrogen (secondary N) is 1. The third kappa shape index (κ3) is 6.77. The SMILES string of the molecule is CN(CCOCc1ccccc1)C(=O)N[C@H](C=O)Cc1ccccc1. The highest BCUT2D eigenvalue weighted by Gasteiger charge is 2.15. The Balaban J connectivity index is 1.70. The topological polar surface area (TPSA) is 58.6 Å². The van der Waals surface area contributed by atoms with Gasteiger partial charge >= 0.3 is 6.03 Å². The van der Waals surface area contributed by atoms with Gasteiger partial charge in [-0.3, -0.25) is 0 Å². The van der Waals surface area contributed by atoms with Gasteiger partial charge in [0.25, 0.3) is 0 Å². The van der Waals surface area contributed by atoms with Gasteiger partial charge in [0.05, 0.1) is 19.3 Å². The Hall–Kier alpha value is -2.66. The van der Waals surface area contributed by atoms with Crippen LogP contribution < -0.4 is 5.32 Å². The van der Waals surface area contributed by atoms with Crippen LogP contribution in [0.3, 0.4) is 0 Å². The van der Waals surface area contributed by atoms with Crippen molar-refractivity contribution in [3.8, 4) is 0 Å². The van der Waals surface area contributed by atoms with Gasteiger partial charge in [-0.25, -0.2) is 4.79 Å². The van der Waals surface area contributed by atoms with E-state index in [-0.39, 0.29) is 6.03 Å². The summed E-state index contributed by atoms with van der Waals surface area (Å²) in [6.45, 7) is 1.40. The maximum Gasteiger partial charge on any atom is 0.317 e.